The van der Waals surface area contributed by atoms with Gasteiger partial charge in [0.2, 0.25) is 0 Å². The van der Waals surface area contributed by atoms with Crippen molar-refractivity contribution in [2.75, 3.05) is 31.1 Å². The molecule has 24 heavy (non-hydrogen) atoms. The van der Waals surface area contributed by atoms with Gasteiger partial charge >= 0.3 is 6.09 Å². The molecule has 0 spiro atoms. The average molecular weight is 371 g/mol. The van der Waals surface area contributed by atoms with Crippen molar-refractivity contribution < 1.29 is 14.1 Å². The Labute approximate surface area is 149 Å². The molecule has 130 valence electrons. The lowest BCUT2D eigenvalue weighted by molar-refractivity contribution is 0.0240. The Bertz CT molecular complexity index is 716. The van der Waals surface area contributed by atoms with Gasteiger partial charge in [-0.05, 0) is 37.4 Å². The highest BCUT2D eigenvalue weighted by atomic mass is 35.5. The van der Waals surface area contributed by atoms with Gasteiger partial charge in [0.25, 0.3) is 11.8 Å². The molecule has 1 saturated heterocycles. The normalized spacial score (nSPS) is 15.7. The zero-order chi connectivity index (χ0) is 17.3. The van der Waals surface area contributed by atoms with Crippen LogP contribution in [-0.4, -0.2) is 52.9 Å². The predicted molar refractivity (Wildman–Crippen MR) is 92.6 cm³/mol. The monoisotopic (exact) mass is 370 g/mol. The summed E-state index contributed by atoms with van der Waals surface area (Å²) in [6.45, 7) is 7.93. The van der Waals surface area contributed by atoms with Gasteiger partial charge in [-0.1, -0.05) is 11.6 Å². The number of rotatable bonds is 2. The van der Waals surface area contributed by atoms with E-state index in [1.807, 2.05) is 31.1 Å². The van der Waals surface area contributed by atoms with E-state index in [-0.39, 0.29) is 6.09 Å². The van der Waals surface area contributed by atoms with E-state index in [9.17, 15) is 4.79 Å². The molecule has 1 aliphatic rings. The van der Waals surface area contributed by atoms with Crippen LogP contribution in [0, 0.1) is 0 Å². The summed E-state index contributed by atoms with van der Waals surface area (Å²) < 4.78 is 10.7. The smallest absolute Gasteiger partial charge is 0.410 e. The Hall–Kier alpha value is -1.80. The zero-order valence-electron chi connectivity index (χ0n) is 13.8. The maximum absolute atomic E-state index is 12.1. The summed E-state index contributed by atoms with van der Waals surface area (Å²) in [5.74, 6) is 0.929. The molecule has 9 heteroatoms. The number of piperazine rings is 1. The van der Waals surface area contributed by atoms with E-state index >= 15 is 0 Å². The second-order valence-corrected chi connectivity index (χ2v) is 7.77. The van der Waals surface area contributed by atoms with Gasteiger partial charge in [-0.2, -0.15) is 4.98 Å². The third kappa shape index (κ3) is 3.81. The number of hydrogen-bond acceptors (Lipinski definition) is 7. The van der Waals surface area contributed by atoms with Gasteiger partial charge < -0.3 is 19.1 Å². The van der Waals surface area contributed by atoms with Crippen molar-refractivity contribution in [2.45, 2.75) is 26.4 Å². The fraction of sp³-hybridized carbons (Fsp3) is 0.533. The molecule has 0 saturated carbocycles. The van der Waals surface area contributed by atoms with E-state index in [0.717, 1.165) is 4.88 Å². The van der Waals surface area contributed by atoms with Gasteiger partial charge in [-0.25, -0.2) is 4.79 Å². The van der Waals surface area contributed by atoms with E-state index in [1.54, 1.807) is 11.0 Å². The average Bonchev–Trinajstić information content (AvgIpc) is 3.14. The molecule has 0 bridgehead atoms. The lowest BCUT2D eigenvalue weighted by Gasteiger charge is -2.34. The molecule has 3 heterocycles. The third-order valence-corrected chi connectivity index (χ3v) is 4.77. The van der Waals surface area contributed by atoms with E-state index in [2.05, 4.69) is 10.1 Å². The minimum atomic E-state index is -0.489. The number of aromatic nitrogens is 2. The van der Waals surface area contributed by atoms with Crippen molar-refractivity contribution >= 4 is 35.0 Å². The topological polar surface area (TPSA) is 71.7 Å². The summed E-state index contributed by atoms with van der Waals surface area (Å²) in [6.07, 6.45) is -0.290. The van der Waals surface area contributed by atoms with Crippen LogP contribution in [0.5, 0.6) is 0 Å². The Kier molecular flexibility index (Phi) is 4.69. The second kappa shape index (κ2) is 6.60. The number of halogens is 1. The van der Waals surface area contributed by atoms with E-state index in [4.69, 9.17) is 20.9 Å². The summed E-state index contributed by atoms with van der Waals surface area (Å²) in [7, 11) is 0. The molecule has 7 nitrogen and oxygen atoms in total. The summed E-state index contributed by atoms with van der Waals surface area (Å²) in [5.41, 5.74) is -0.489. The predicted octanol–water partition coefficient (Wildman–Crippen LogP) is 3.51. The molecular formula is C15H19ClN4O3S. The number of hydrogen-bond donors (Lipinski definition) is 0. The first-order valence-corrected chi connectivity index (χ1v) is 8.89. The first-order chi connectivity index (χ1) is 11.3. The number of thiophene rings is 1. The van der Waals surface area contributed by atoms with Crippen molar-refractivity contribution in [1.29, 1.82) is 0 Å². The van der Waals surface area contributed by atoms with Crippen LogP contribution in [0.25, 0.3) is 10.8 Å². The molecule has 0 unspecified atom stereocenters. The Morgan fingerprint density at radius 2 is 2.04 bits per heavy atom. The zero-order valence-corrected chi connectivity index (χ0v) is 15.4. The van der Waals surface area contributed by atoms with Crippen molar-refractivity contribution in [3.8, 4) is 10.8 Å². The molecule has 3 rings (SSSR count). The number of anilines is 1. The molecule has 1 aliphatic heterocycles. The molecule has 2 aromatic rings. The van der Waals surface area contributed by atoms with E-state index in [1.165, 1.54) is 11.3 Å². The summed E-state index contributed by atoms with van der Waals surface area (Å²) in [5, 5.41) is 6.50. The maximum Gasteiger partial charge on any atom is 0.410 e. The van der Waals surface area contributed by atoms with Crippen LogP contribution < -0.4 is 4.90 Å². The maximum atomic E-state index is 12.1. The fourth-order valence-electron chi connectivity index (χ4n) is 2.30. The lowest BCUT2D eigenvalue weighted by Crippen LogP contribution is -2.50. The number of amides is 1. The van der Waals surface area contributed by atoms with Crippen LogP contribution >= 0.6 is 22.9 Å². The van der Waals surface area contributed by atoms with Crippen molar-refractivity contribution in [3.63, 3.8) is 0 Å². The van der Waals surface area contributed by atoms with Crippen LogP contribution in [0.1, 0.15) is 20.8 Å². The number of ether oxygens (including phenoxy) is 1. The summed E-state index contributed by atoms with van der Waals surface area (Å²) in [6, 6.07) is 1.80. The van der Waals surface area contributed by atoms with E-state index < -0.39 is 5.60 Å². The fourth-order valence-corrected chi connectivity index (χ4v) is 3.35. The Morgan fingerprint density at radius 3 is 2.62 bits per heavy atom. The molecule has 0 N–H and O–H groups in total. The van der Waals surface area contributed by atoms with Gasteiger partial charge in [0.15, 0.2) is 0 Å². The third-order valence-electron chi connectivity index (χ3n) is 3.44. The van der Waals surface area contributed by atoms with Gasteiger partial charge in [-0.15, -0.1) is 11.3 Å². The number of nitrogens with zero attached hydrogens (tertiary/aromatic N) is 4. The standard InChI is InChI=1S/C15H19ClN4O3S/c1-15(2,3)22-14(21)20-7-5-19(6-8-20)13-17-12(23-18-13)11-10(16)4-9-24-11/h4,9H,5-8H2,1-3H3. The first kappa shape index (κ1) is 17.0. The van der Waals surface area contributed by atoms with Crippen molar-refractivity contribution in [2.24, 2.45) is 0 Å². The lowest BCUT2D eigenvalue weighted by atomic mass is 10.2. The molecule has 1 amide bonds. The van der Waals surface area contributed by atoms with Crippen LogP contribution in [0.15, 0.2) is 16.0 Å². The van der Waals surface area contributed by atoms with Crippen molar-refractivity contribution in [3.05, 3.63) is 16.5 Å². The van der Waals surface area contributed by atoms with Crippen LogP contribution in [0.2, 0.25) is 5.02 Å². The SMILES string of the molecule is CC(C)(C)OC(=O)N1CCN(c2noc(-c3sccc3Cl)n2)CC1. The summed E-state index contributed by atoms with van der Waals surface area (Å²) >= 11 is 7.54. The highest BCUT2D eigenvalue weighted by molar-refractivity contribution is 7.14. The highest BCUT2D eigenvalue weighted by Crippen LogP contribution is 2.32. The van der Waals surface area contributed by atoms with Crippen molar-refractivity contribution in [1.82, 2.24) is 15.0 Å². The van der Waals surface area contributed by atoms with Gasteiger partial charge in [0.1, 0.15) is 10.5 Å². The van der Waals surface area contributed by atoms with Gasteiger partial charge in [-0.3, -0.25) is 0 Å². The van der Waals surface area contributed by atoms with Crippen LogP contribution in [-0.2, 0) is 4.74 Å². The summed E-state index contributed by atoms with van der Waals surface area (Å²) in [4.78, 5) is 20.9. The second-order valence-electron chi connectivity index (χ2n) is 6.45. The van der Waals surface area contributed by atoms with Crippen LogP contribution in [0.4, 0.5) is 10.7 Å². The van der Waals surface area contributed by atoms with Gasteiger partial charge in [0.05, 0.1) is 5.02 Å². The molecule has 0 radical (unpaired) electrons. The van der Waals surface area contributed by atoms with E-state index in [0.29, 0.717) is 43.0 Å². The molecular weight excluding hydrogens is 352 g/mol. The molecule has 2 aromatic heterocycles. The van der Waals surface area contributed by atoms with Crippen LogP contribution in [0.3, 0.4) is 0 Å². The molecule has 0 aliphatic carbocycles. The minimum Gasteiger partial charge on any atom is -0.444 e. The molecule has 1 fully saturated rings. The van der Waals surface area contributed by atoms with Gasteiger partial charge in [0, 0.05) is 26.2 Å². The number of carbonyl (C=O) groups excluding carboxylic acids is 1. The quantitative estimate of drug-likeness (QED) is 0.805. The first-order valence-electron chi connectivity index (χ1n) is 7.63. The molecule has 0 aromatic carbocycles. The minimum absolute atomic E-state index is 0.290. The Balaban J connectivity index is 1.60. The Morgan fingerprint density at radius 1 is 1.33 bits per heavy atom. The number of carbonyl (C=O) groups is 1. The molecule has 0 atom stereocenters. The highest BCUT2D eigenvalue weighted by Gasteiger charge is 2.27. The largest absolute Gasteiger partial charge is 0.444 e.